The van der Waals surface area contributed by atoms with Gasteiger partial charge in [0.2, 0.25) is 0 Å². The quantitative estimate of drug-likeness (QED) is 0.356. The number of aryl methyl sites for hydroxylation is 1. The minimum atomic E-state index is 0.248. The summed E-state index contributed by atoms with van der Waals surface area (Å²) in [5.74, 6) is 1.10. The molecule has 0 atom stereocenters. The van der Waals surface area contributed by atoms with Crippen LogP contribution >= 0.6 is 0 Å². The maximum Gasteiger partial charge on any atom is 0.162 e. The average Bonchev–Trinajstić information content (AvgIpc) is 3.34. The molecule has 164 valence electrons. The predicted octanol–water partition coefficient (Wildman–Crippen LogP) is 7.85. The summed E-state index contributed by atoms with van der Waals surface area (Å²) in [7, 11) is 0. The summed E-state index contributed by atoms with van der Waals surface area (Å²) >= 11 is 0. The molecule has 3 nitrogen and oxygen atoms in total. The topological polar surface area (TPSA) is 42.0 Å². The van der Waals surface area contributed by atoms with E-state index in [9.17, 15) is 4.79 Å². The van der Waals surface area contributed by atoms with E-state index in [1.54, 1.807) is 6.20 Å². The Morgan fingerprint density at radius 1 is 1.03 bits per heavy atom. The monoisotopic (exact) mass is 424 g/mol. The molecular formula is C29H32N2O. The van der Waals surface area contributed by atoms with Gasteiger partial charge in [-0.2, -0.15) is 0 Å². The van der Waals surface area contributed by atoms with Crippen LogP contribution in [0, 0.1) is 12.8 Å². The van der Waals surface area contributed by atoms with E-state index in [-0.39, 0.29) is 5.78 Å². The van der Waals surface area contributed by atoms with Crippen molar-refractivity contribution in [3.8, 4) is 0 Å². The van der Waals surface area contributed by atoms with E-state index in [0.29, 0.717) is 6.42 Å². The van der Waals surface area contributed by atoms with Crippen LogP contribution in [-0.2, 0) is 0 Å². The molecule has 4 rings (SSSR count). The first-order valence-electron chi connectivity index (χ1n) is 11.8. The first-order valence-corrected chi connectivity index (χ1v) is 11.8. The van der Waals surface area contributed by atoms with E-state index in [2.05, 4.69) is 41.5 Å². The van der Waals surface area contributed by atoms with Crippen LogP contribution in [0.5, 0.6) is 0 Å². The van der Waals surface area contributed by atoms with Gasteiger partial charge in [0.1, 0.15) is 0 Å². The number of anilines is 2. The number of pyridine rings is 1. The summed E-state index contributed by atoms with van der Waals surface area (Å²) in [6, 6.07) is 20.1. The summed E-state index contributed by atoms with van der Waals surface area (Å²) in [5.41, 5.74) is 6.02. The molecule has 0 spiro atoms. The normalized spacial score (nSPS) is 14.2. The Kier molecular flexibility index (Phi) is 7.50. The van der Waals surface area contributed by atoms with Crippen molar-refractivity contribution in [2.24, 2.45) is 5.92 Å². The van der Waals surface area contributed by atoms with Gasteiger partial charge in [-0.05, 0) is 72.9 Å². The second kappa shape index (κ2) is 10.9. The predicted molar refractivity (Wildman–Crippen MR) is 134 cm³/mol. The molecule has 1 aliphatic carbocycles. The highest BCUT2D eigenvalue weighted by molar-refractivity contribution is 5.97. The highest BCUT2D eigenvalue weighted by Crippen LogP contribution is 2.29. The molecule has 1 heterocycles. The maximum absolute atomic E-state index is 12.7. The standard InChI is InChI=1S/C29H32N2O/c1-22-20-24(15-17-26-12-4-5-19-30-26)16-18-28(22)31-27-13-7-11-25(21-27)29(32)14-6-10-23-8-2-3-9-23/h4-5,7,11-13,15-21,23,31H,2-3,6,8-10,14H2,1H3/b17-15+. The summed E-state index contributed by atoms with van der Waals surface area (Å²) in [4.78, 5) is 17.0. The zero-order valence-corrected chi connectivity index (χ0v) is 18.9. The first kappa shape index (κ1) is 22.0. The van der Waals surface area contributed by atoms with Gasteiger partial charge in [-0.1, -0.05) is 62.4 Å². The molecule has 0 unspecified atom stereocenters. The lowest BCUT2D eigenvalue weighted by atomic mass is 9.97. The van der Waals surface area contributed by atoms with Crippen LogP contribution in [-0.4, -0.2) is 10.8 Å². The third-order valence-corrected chi connectivity index (χ3v) is 6.34. The van der Waals surface area contributed by atoms with Crippen LogP contribution in [0.2, 0.25) is 0 Å². The molecule has 1 N–H and O–H groups in total. The minimum Gasteiger partial charge on any atom is -0.355 e. The lowest BCUT2D eigenvalue weighted by Gasteiger charge is -2.12. The number of carbonyl (C=O) groups excluding carboxylic acids is 1. The number of nitrogens with one attached hydrogen (secondary N) is 1. The van der Waals surface area contributed by atoms with Gasteiger partial charge in [0.15, 0.2) is 5.78 Å². The molecular weight excluding hydrogens is 392 g/mol. The molecule has 1 fully saturated rings. The van der Waals surface area contributed by atoms with Crippen LogP contribution in [0.1, 0.15) is 72.1 Å². The van der Waals surface area contributed by atoms with Crippen LogP contribution < -0.4 is 5.32 Å². The summed E-state index contributed by atoms with van der Waals surface area (Å²) in [5, 5.41) is 3.48. The van der Waals surface area contributed by atoms with Gasteiger partial charge < -0.3 is 5.32 Å². The molecule has 1 aliphatic rings. The molecule has 0 amide bonds. The number of ketones is 1. The smallest absolute Gasteiger partial charge is 0.162 e. The van der Waals surface area contributed by atoms with Crippen molar-refractivity contribution in [1.82, 2.24) is 4.98 Å². The fourth-order valence-electron chi connectivity index (χ4n) is 4.51. The molecule has 1 aromatic heterocycles. The lowest BCUT2D eigenvalue weighted by molar-refractivity contribution is 0.0977. The van der Waals surface area contributed by atoms with E-state index in [4.69, 9.17) is 0 Å². The zero-order chi connectivity index (χ0) is 22.2. The zero-order valence-electron chi connectivity index (χ0n) is 18.9. The molecule has 2 aromatic carbocycles. The molecule has 0 saturated heterocycles. The molecule has 0 bridgehead atoms. The first-order chi connectivity index (χ1) is 15.7. The van der Waals surface area contributed by atoms with Gasteiger partial charge >= 0.3 is 0 Å². The highest BCUT2D eigenvalue weighted by Gasteiger charge is 2.15. The van der Waals surface area contributed by atoms with Gasteiger partial charge in [-0.25, -0.2) is 0 Å². The van der Waals surface area contributed by atoms with E-state index in [0.717, 1.165) is 46.1 Å². The number of aromatic nitrogens is 1. The molecule has 1 saturated carbocycles. The third-order valence-electron chi connectivity index (χ3n) is 6.34. The highest BCUT2D eigenvalue weighted by atomic mass is 16.1. The van der Waals surface area contributed by atoms with Crippen molar-refractivity contribution in [3.05, 3.63) is 89.2 Å². The van der Waals surface area contributed by atoms with Crippen LogP contribution in [0.4, 0.5) is 11.4 Å². The number of nitrogens with zero attached hydrogens (tertiary/aromatic N) is 1. The second-order valence-corrected chi connectivity index (χ2v) is 8.83. The van der Waals surface area contributed by atoms with Crippen molar-refractivity contribution in [3.63, 3.8) is 0 Å². The Bertz CT molecular complexity index is 1070. The Hall–Kier alpha value is -3.20. The second-order valence-electron chi connectivity index (χ2n) is 8.83. The lowest BCUT2D eigenvalue weighted by Crippen LogP contribution is -2.02. The van der Waals surface area contributed by atoms with Gasteiger partial charge in [-0.3, -0.25) is 9.78 Å². The fourth-order valence-corrected chi connectivity index (χ4v) is 4.51. The van der Waals surface area contributed by atoms with Crippen LogP contribution in [0.25, 0.3) is 12.2 Å². The summed E-state index contributed by atoms with van der Waals surface area (Å²) < 4.78 is 0. The van der Waals surface area contributed by atoms with E-state index in [1.165, 1.54) is 32.1 Å². The van der Waals surface area contributed by atoms with E-state index in [1.807, 2.05) is 48.5 Å². The average molecular weight is 425 g/mol. The van der Waals surface area contributed by atoms with Gasteiger partial charge in [0.25, 0.3) is 0 Å². The molecule has 32 heavy (non-hydrogen) atoms. The van der Waals surface area contributed by atoms with Gasteiger partial charge in [0.05, 0.1) is 5.69 Å². The number of benzene rings is 2. The number of Topliss-reactive ketones (excluding diaryl/α,β-unsaturated/α-hetero) is 1. The van der Waals surface area contributed by atoms with Crippen molar-refractivity contribution < 1.29 is 4.79 Å². The Balaban J connectivity index is 1.36. The third kappa shape index (κ3) is 6.16. The van der Waals surface area contributed by atoms with Crippen LogP contribution in [0.3, 0.4) is 0 Å². The SMILES string of the molecule is Cc1cc(/C=C/c2ccccn2)ccc1Nc1cccc(C(=O)CCCC2CCCC2)c1. The van der Waals surface area contributed by atoms with Gasteiger partial charge in [-0.15, -0.1) is 0 Å². The van der Waals surface area contributed by atoms with Crippen molar-refractivity contribution in [2.45, 2.75) is 51.9 Å². The summed E-state index contributed by atoms with van der Waals surface area (Å²) in [6.45, 7) is 2.10. The fraction of sp³-hybridized carbons (Fsp3) is 0.310. The maximum atomic E-state index is 12.7. The number of rotatable bonds is 9. The van der Waals surface area contributed by atoms with Crippen molar-refractivity contribution >= 4 is 29.3 Å². The van der Waals surface area contributed by atoms with Crippen molar-refractivity contribution in [2.75, 3.05) is 5.32 Å². The largest absolute Gasteiger partial charge is 0.355 e. The molecule has 3 heteroatoms. The van der Waals surface area contributed by atoms with E-state index < -0.39 is 0 Å². The number of hydrogen-bond donors (Lipinski definition) is 1. The van der Waals surface area contributed by atoms with Crippen molar-refractivity contribution in [1.29, 1.82) is 0 Å². The summed E-state index contributed by atoms with van der Waals surface area (Å²) in [6.07, 6.45) is 14.2. The molecule has 0 aliphatic heterocycles. The number of hydrogen-bond acceptors (Lipinski definition) is 3. The molecule has 3 aromatic rings. The Morgan fingerprint density at radius 2 is 1.91 bits per heavy atom. The minimum absolute atomic E-state index is 0.248. The van der Waals surface area contributed by atoms with E-state index >= 15 is 0 Å². The number of carbonyl (C=O) groups is 1. The molecule has 0 radical (unpaired) electrons. The Morgan fingerprint density at radius 3 is 2.69 bits per heavy atom. The Labute approximate surface area is 191 Å². The van der Waals surface area contributed by atoms with Crippen LogP contribution in [0.15, 0.2) is 66.9 Å². The van der Waals surface area contributed by atoms with Gasteiger partial charge in [0, 0.05) is 29.6 Å².